The molecule has 482 valence electrons. The van der Waals surface area contributed by atoms with Crippen LogP contribution in [0.4, 0.5) is 34.1 Å². The van der Waals surface area contributed by atoms with Gasteiger partial charge in [-0.3, -0.25) is 20.2 Å². The Morgan fingerprint density at radius 3 is 1.04 bits per heavy atom. The van der Waals surface area contributed by atoms with E-state index in [1.807, 2.05) is 12.1 Å². The third-order valence-corrected chi connectivity index (χ3v) is 21.5. The minimum atomic E-state index is -0.576. The number of anilines is 2. The van der Waals surface area contributed by atoms with Gasteiger partial charge in [0.15, 0.2) is 24.5 Å². The van der Waals surface area contributed by atoms with Crippen molar-refractivity contribution >= 4 is 67.1 Å². The van der Waals surface area contributed by atoms with E-state index >= 15 is 0 Å². The Labute approximate surface area is 573 Å². The van der Waals surface area contributed by atoms with Gasteiger partial charge < -0.3 is 9.80 Å². The van der Waals surface area contributed by atoms with Gasteiger partial charge in [-0.1, -0.05) is 194 Å². The number of nitrogens with zero attached hydrogens (tertiary/aromatic N) is 6. The third-order valence-electron chi connectivity index (χ3n) is 21.5. The van der Waals surface area contributed by atoms with E-state index in [0.717, 1.165) is 92.3 Å². The molecule has 10 nitrogen and oxygen atoms in total. The summed E-state index contributed by atoms with van der Waals surface area (Å²) in [7, 11) is 4.39. The minimum Gasteiger partial charge on any atom is -0.347 e. The molecular weight excluding hydrogens is 1210 g/mol. The van der Waals surface area contributed by atoms with Crippen LogP contribution in [0, 0.1) is 20.2 Å². The largest absolute Gasteiger partial charge is 0.347 e. The molecule has 10 heteroatoms. The number of hydrogen-bond donors (Lipinski definition) is 0. The Morgan fingerprint density at radius 1 is 0.388 bits per heavy atom. The number of hydrogen-bond acceptors (Lipinski definition) is 6. The fourth-order valence-electron chi connectivity index (χ4n) is 17.0. The van der Waals surface area contributed by atoms with Crippen LogP contribution in [-0.2, 0) is 60.4 Å². The van der Waals surface area contributed by atoms with Crippen LogP contribution in [0.15, 0.2) is 303 Å². The van der Waals surface area contributed by atoms with Gasteiger partial charge in [-0.2, -0.15) is 9.15 Å². The molecule has 4 heterocycles. The lowest BCUT2D eigenvalue weighted by atomic mass is 9.70. The second-order valence-corrected chi connectivity index (χ2v) is 28.0. The number of rotatable bonds is 18. The second-order valence-electron chi connectivity index (χ2n) is 28.0. The van der Waals surface area contributed by atoms with Gasteiger partial charge in [0.1, 0.15) is 0 Å². The highest BCUT2D eigenvalue weighted by Crippen LogP contribution is 2.54. The summed E-state index contributed by atoms with van der Waals surface area (Å²) in [5, 5.41) is 28.6. The summed E-state index contributed by atoms with van der Waals surface area (Å²) in [6.45, 7) is 10.1. The van der Waals surface area contributed by atoms with E-state index in [9.17, 15) is 20.2 Å². The Morgan fingerprint density at radius 2 is 0.704 bits per heavy atom. The van der Waals surface area contributed by atoms with Gasteiger partial charge >= 0.3 is 0 Å². The first-order chi connectivity index (χ1) is 47.5. The van der Waals surface area contributed by atoms with E-state index in [1.165, 1.54) is 56.1 Å². The molecule has 0 spiro atoms. The Bertz CT molecular complexity index is 4770. The number of nitro benzene ring substituents is 2. The van der Waals surface area contributed by atoms with Crippen molar-refractivity contribution < 1.29 is 19.0 Å². The predicted molar refractivity (Wildman–Crippen MR) is 399 cm³/mol. The summed E-state index contributed by atoms with van der Waals surface area (Å²) in [6, 6.07) is 89.0. The second kappa shape index (κ2) is 25.0. The summed E-state index contributed by atoms with van der Waals surface area (Å²) in [4.78, 5) is 29.1. The van der Waals surface area contributed by atoms with Crippen LogP contribution < -0.4 is 9.80 Å². The predicted octanol–water partition coefficient (Wildman–Crippen LogP) is 19.6. The third kappa shape index (κ3) is 10.9. The number of para-hydroxylation sites is 2. The zero-order chi connectivity index (χ0) is 67.5. The van der Waals surface area contributed by atoms with E-state index in [1.54, 1.807) is 24.3 Å². The maximum Gasteiger partial charge on any atom is 0.270 e. The summed E-state index contributed by atoms with van der Waals surface area (Å²) in [6.07, 6.45) is 16.9. The van der Waals surface area contributed by atoms with Crippen LogP contribution in [0.25, 0.3) is 21.5 Å². The smallest absolute Gasteiger partial charge is 0.270 e. The van der Waals surface area contributed by atoms with Gasteiger partial charge in [0.2, 0.25) is 11.4 Å². The molecule has 0 saturated heterocycles. The lowest BCUT2D eigenvalue weighted by molar-refractivity contribution is -0.455. The molecule has 0 saturated carbocycles. The lowest BCUT2D eigenvalue weighted by Gasteiger charge is -2.33. The zero-order valence-corrected chi connectivity index (χ0v) is 56.3. The molecular formula is C88H78N6O4+2. The highest BCUT2D eigenvalue weighted by atomic mass is 16.6. The van der Waals surface area contributed by atoms with Gasteiger partial charge in [0.25, 0.3) is 11.4 Å². The van der Waals surface area contributed by atoms with E-state index in [2.05, 4.69) is 316 Å². The Kier molecular flexibility index (Phi) is 16.0. The molecule has 0 unspecified atom stereocenters. The van der Waals surface area contributed by atoms with Crippen LogP contribution in [0.2, 0.25) is 0 Å². The Balaban J connectivity index is 0.830. The Hall–Kier alpha value is -11.4. The maximum atomic E-state index is 12.5. The van der Waals surface area contributed by atoms with Crippen molar-refractivity contribution in [2.45, 2.75) is 88.1 Å². The summed E-state index contributed by atoms with van der Waals surface area (Å²) in [5.41, 5.74) is 19.2. The van der Waals surface area contributed by atoms with Crippen LogP contribution in [-0.4, -0.2) is 44.5 Å². The van der Waals surface area contributed by atoms with Gasteiger partial charge in [-0.05, 0) is 157 Å². The van der Waals surface area contributed by atoms with E-state index in [4.69, 9.17) is 0 Å². The van der Waals surface area contributed by atoms with Crippen LogP contribution in [0.1, 0.15) is 83.3 Å². The lowest BCUT2D eigenvalue weighted by Crippen LogP contribution is -2.34. The molecule has 4 aliphatic heterocycles. The van der Waals surface area contributed by atoms with E-state index < -0.39 is 10.8 Å². The van der Waals surface area contributed by atoms with Gasteiger partial charge in [0, 0.05) is 118 Å². The SMILES string of the molecule is CN1/C(=C/C=C/C2=[N+](Cc3ccc(C[N+]4=C(/C=C/C=C5/N(C)c6ccccc6C5(Cc5ccccc5)Cc5ccccc5)C(C)(C)c5c4ccc4ccc([N+](=O)[O-])cc54)cc3)c3ccc4ccc([N+](=O)[O-])cc4c3C2(C)C)C(Cc2ccccc2)(Cc2ccccc2)c2ccccc21. The first kappa shape index (κ1) is 62.7. The van der Waals surface area contributed by atoms with E-state index in [-0.39, 0.29) is 32.1 Å². The highest BCUT2D eigenvalue weighted by Gasteiger charge is 2.50. The average Bonchev–Trinajstić information content (AvgIpc) is 1.59. The molecule has 0 N–H and O–H groups in total. The first-order valence-electron chi connectivity index (χ1n) is 33.9. The fraction of sp³-hybridized carbons (Fsp3) is 0.182. The van der Waals surface area contributed by atoms with Gasteiger partial charge in [0.05, 0.1) is 20.7 Å². The standard InChI is InChI=1S/C88H78N6O4/c1-85(2)79(37-23-39-81-87(55-61-25-11-7-12-26-61,56-62-27-13-8-14-28-62)73-33-19-21-35-75(73)89(81)5)91(77-51-47-67-45-49-69(93(95)96)53-71(67)83(77)85)59-65-41-43-66(44-42-65)60-92-78-52-48-68-46-50-70(94(97)98)54-72(68)84(78)86(3,4)80(92)38-24-40-82-88(57-63-29-15-9-16-30-63,58-64-31-17-10-18-32-64)74-34-20-22-36-76(74)90(82)6/h7-54H,55-60H2,1-6H3/q+2. The van der Waals surface area contributed by atoms with E-state index in [0.29, 0.717) is 13.1 Å². The quantitative estimate of drug-likeness (QED) is 0.0482. The summed E-state index contributed by atoms with van der Waals surface area (Å²) >= 11 is 0. The molecule has 98 heavy (non-hydrogen) atoms. The van der Waals surface area contributed by atoms with Crippen molar-refractivity contribution in [3.8, 4) is 0 Å². The molecule has 0 aromatic heterocycles. The molecule has 0 amide bonds. The average molecular weight is 1280 g/mol. The van der Waals surface area contributed by atoms with Crippen LogP contribution in [0.3, 0.4) is 0 Å². The van der Waals surface area contributed by atoms with Crippen LogP contribution >= 0.6 is 0 Å². The van der Waals surface area contributed by atoms with Crippen LogP contribution in [0.5, 0.6) is 0 Å². The number of benzene rings is 11. The monoisotopic (exact) mass is 1280 g/mol. The summed E-state index contributed by atoms with van der Waals surface area (Å²) < 4.78 is 4.82. The van der Waals surface area contributed by atoms with Gasteiger partial charge in [-0.25, -0.2) is 0 Å². The fourth-order valence-corrected chi connectivity index (χ4v) is 17.0. The van der Waals surface area contributed by atoms with Crippen molar-refractivity contribution in [1.29, 1.82) is 0 Å². The topological polar surface area (TPSA) is 98.8 Å². The molecule has 0 fully saturated rings. The number of likely N-dealkylation sites (N-methyl/N-ethyl adjacent to an activating group) is 2. The van der Waals surface area contributed by atoms with Crippen molar-refractivity contribution in [3.05, 3.63) is 379 Å². The molecule has 11 aromatic rings. The van der Waals surface area contributed by atoms with Crippen molar-refractivity contribution in [2.75, 3.05) is 23.9 Å². The molecule has 0 atom stereocenters. The number of nitro groups is 2. The first-order valence-corrected chi connectivity index (χ1v) is 33.9. The zero-order valence-electron chi connectivity index (χ0n) is 56.3. The van der Waals surface area contributed by atoms with Crippen molar-refractivity contribution in [2.24, 2.45) is 0 Å². The number of fused-ring (bicyclic) bond motifs is 8. The molecule has 0 aliphatic carbocycles. The molecule has 0 bridgehead atoms. The minimum absolute atomic E-state index is 0.0631. The normalized spacial score (nSPS) is 17.0. The summed E-state index contributed by atoms with van der Waals surface area (Å²) in [5.74, 6) is 0. The number of non-ortho nitro benzene ring substituents is 2. The molecule has 15 rings (SSSR count). The molecule has 0 radical (unpaired) electrons. The molecule has 4 aliphatic rings. The van der Waals surface area contributed by atoms with Gasteiger partial charge in [-0.15, -0.1) is 0 Å². The highest BCUT2D eigenvalue weighted by molar-refractivity contribution is 6.09. The van der Waals surface area contributed by atoms with Crippen molar-refractivity contribution in [3.63, 3.8) is 0 Å². The number of allylic oxidation sites excluding steroid dienone is 8. The van der Waals surface area contributed by atoms with Crippen molar-refractivity contribution in [1.82, 2.24) is 0 Å². The maximum absolute atomic E-state index is 12.5. The molecule has 11 aromatic carbocycles.